The van der Waals surface area contributed by atoms with Crippen LogP contribution >= 0.6 is 0 Å². The summed E-state index contributed by atoms with van der Waals surface area (Å²) in [5, 5.41) is 0. The zero-order chi connectivity index (χ0) is 24.5. The van der Waals surface area contributed by atoms with Gasteiger partial charge in [-0.15, -0.1) is 0 Å². The fourth-order valence-electron chi connectivity index (χ4n) is 3.00. The highest BCUT2D eigenvalue weighted by molar-refractivity contribution is 5.91. The number of rotatable bonds is 10. The number of pyridine rings is 1. The van der Waals surface area contributed by atoms with Crippen molar-refractivity contribution in [1.29, 1.82) is 0 Å². The molecular formula is C25H23F3N2O4. The Morgan fingerprint density at radius 2 is 1.91 bits per heavy atom. The molecule has 6 nitrogen and oxygen atoms in total. The van der Waals surface area contributed by atoms with Crippen LogP contribution in [0.4, 0.5) is 13.2 Å². The number of hydrogen-bond donors (Lipinski definition) is 0. The average molecular weight is 472 g/mol. The fraction of sp³-hybridized carbons (Fsp3) is 0.200. The van der Waals surface area contributed by atoms with Crippen LogP contribution in [-0.4, -0.2) is 36.1 Å². The molecular weight excluding hydrogens is 449 g/mol. The molecule has 0 radical (unpaired) electrons. The largest absolute Gasteiger partial charge is 0.490 e. The Morgan fingerprint density at radius 1 is 1.12 bits per heavy atom. The van der Waals surface area contributed by atoms with Gasteiger partial charge in [0.05, 0.1) is 12.8 Å². The molecule has 1 heterocycles. The van der Waals surface area contributed by atoms with Crippen LogP contribution in [0, 0.1) is 5.82 Å². The van der Waals surface area contributed by atoms with Gasteiger partial charge in [-0.3, -0.25) is 9.78 Å². The summed E-state index contributed by atoms with van der Waals surface area (Å²) < 4.78 is 54.8. The summed E-state index contributed by atoms with van der Waals surface area (Å²) in [6, 6.07) is 12.2. The van der Waals surface area contributed by atoms with E-state index in [2.05, 4.69) is 9.72 Å². The molecule has 0 atom stereocenters. The van der Waals surface area contributed by atoms with Crippen molar-refractivity contribution in [3.8, 4) is 23.0 Å². The predicted molar refractivity (Wildman–Crippen MR) is 120 cm³/mol. The highest BCUT2D eigenvalue weighted by Gasteiger charge is 2.13. The molecule has 34 heavy (non-hydrogen) atoms. The molecule has 3 aromatic rings. The van der Waals surface area contributed by atoms with Gasteiger partial charge >= 0.3 is 6.61 Å². The number of benzene rings is 2. The quantitative estimate of drug-likeness (QED) is 0.355. The van der Waals surface area contributed by atoms with Crippen LogP contribution in [0.5, 0.6) is 23.0 Å². The molecule has 1 aromatic heterocycles. The van der Waals surface area contributed by atoms with Crippen molar-refractivity contribution in [1.82, 2.24) is 9.88 Å². The Morgan fingerprint density at radius 3 is 2.59 bits per heavy atom. The minimum Gasteiger partial charge on any atom is -0.490 e. The highest BCUT2D eigenvalue weighted by atomic mass is 19.3. The number of amides is 1. The van der Waals surface area contributed by atoms with Gasteiger partial charge in [-0.1, -0.05) is 12.1 Å². The summed E-state index contributed by atoms with van der Waals surface area (Å²) in [5.74, 6) is -0.378. The van der Waals surface area contributed by atoms with E-state index in [-0.39, 0.29) is 36.3 Å². The first-order valence-electron chi connectivity index (χ1n) is 10.4. The van der Waals surface area contributed by atoms with Crippen LogP contribution in [0.3, 0.4) is 0 Å². The summed E-state index contributed by atoms with van der Waals surface area (Å²) in [4.78, 5) is 17.8. The molecule has 3 rings (SSSR count). The van der Waals surface area contributed by atoms with Gasteiger partial charge in [0, 0.05) is 25.9 Å². The molecule has 0 fully saturated rings. The third kappa shape index (κ3) is 6.99. The van der Waals surface area contributed by atoms with Gasteiger partial charge in [0.15, 0.2) is 23.1 Å². The monoisotopic (exact) mass is 472 g/mol. The van der Waals surface area contributed by atoms with E-state index in [0.29, 0.717) is 16.9 Å². The number of likely N-dealkylation sites (N-methyl/N-ethyl adjacent to an activating group) is 1. The second-order valence-electron chi connectivity index (χ2n) is 7.10. The second-order valence-corrected chi connectivity index (χ2v) is 7.10. The number of carbonyl (C=O) groups is 1. The van der Waals surface area contributed by atoms with E-state index in [1.807, 2.05) is 0 Å². The zero-order valence-corrected chi connectivity index (χ0v) is 18.6. The summed E-state index contributed by atoms with van der Waals surface area (Å²) in [7, 11) is 1.59. The van der Waals surface area contributed by atoms with Crippen LogP contribution in [0.1, 0.15) is 18.1 Å². The van der Waals surface area contributed by atoms with Crippen molar-refractivity contribution in [2.75, 3.05) is 13.7 Å². The Hall–Kier alpha value is -4.01. The molecule has 0 saturated carbocycles. The normalized spacial score (nSPS) is 11.0. The predicted octanol–water partition coefficient (Wildman–Crippen LogP) is 5.68. The van der Waals surface area contributed by atoms with Gasteiger partial charge < -0.3 is 19.1 Å². The summed E-state index contributed by atoms with van der Waals surface area (Å²) in [6.45, 7) is -0.784. The molecule has 0 aliphatic heterocycles. The van der Waals surface area contributed by atoms with E-state index in [4.69, 9.17) is 9.47 Å². The van der Waals surface area contributed by atoms with Gasteiger partial charge in [-0.05, 0) is 60.5 Å². The van der Waals surface area contributed by atoms with E-state index in [0.717, 1.165) is 0 Å². The smallest absolute Gasteiger partial charge is 0.387 e. The number of aromatic nitrogens is 1. The van der Waals surface area contributed by atoms with Crippen molar-refractivity contribution in [2.24, 2.45) is 0 Å². The van der Waals surface area contributed by atoms with Gasteiger partial charge in [0.1, 0.15) is 5.75 Å². The van der Waals surface area contributed by atoms with Crippen LogP contribution in [0.25, 0.3) is 6.08 Å². The number of carbonyl (C=O) groups excluding carboxylic acids is 1. The molecule has 0 unspecified atom stereocenters. The highest BCUT2D eigenvalue weighted by Crippen LogP contribution is 2.30. The topological polar surface area (TPSA) is 60.9 Å². The lowest BCUT2D eigenvalue weighted by atomic mass is 10.1. The minimum atomic E-state index is -2.97. The number of ether oxygens (including phenoxy) is 3. The molecule has 0 aliphatic carbocycles. The van der Waals surface area contributed by atoms with Crippen LogP contribution < -0.4 is 14.2 Å². The Balaban J connectivity index is 1.63. The SMILES string of the molecule is CCOc1cc(CN(C)C(=O)/C=C/c2ccc(Oc3cccnc3)c(F)c2)ccc1OC(F)F. The van der Waals surface area contributed by atoms with Gasteiger partial charge in [-0.25, -0.2) is 4.39 Å². The Bertz CT molecular complexity index is 1140. The van der Waals surface area contributed by atoms with Crippen LogP contribution in [-0.2, 0) is 11.3 Å². The van der Waals surface area contributed by atoms with Crippen LogP contribution in [0.2, 0.25) is 0 Å². The van der Waals surface area contributed by atoms with Crippen molar-refractivity contribution in [2.45, 2.75) is 20.1 Å². The summed E-state index contributed by atoms with van der Waals surface area (Å²) in [6.07, 6.45) is 5.85. The molecule has 178 valence electrons. The molecule has 0 aliphatic rings. The molecule has 9 heteroatoms. The van der Waals surface area contributed by atoms with Crippen molar-refractivity contribution < 1.29 is 32.2 Å². The van der Waals surface area contributed by atoms with Crippen LogP contribution in [0.15, 0.2) is 67.0 Å². The first-order chi connectivity index (χ1) is 16.4. The molecule has 0 N–H and O–H groups in total. The second kappa shape index (κ2) is 11.7. The third-order valence-electron chi connectivity index (χ3n) is 4.56. The fourth-order valence-corrected chi connectivity index (χ4v) is 3.00. The van der Waals surface area contributed by atoms with Crippen molar-refractivity contribution in [3.05, 3.63) is 83.9 Å². The molecule has 0 saturated heterocycles. The average Bonchev–Trinajstić information content (AvgIpc) is 2.81. The van der Waals surface area contributed by atoms with E-state index >= 15 is 0 Å². The lowest BCUT2D eigenvalue weighted by Gasteiger charge is -2.17. The maximum absolute atomic E-state index is 14.4. The molecule has 2 aromatic carbocycles. The van der Waals surface area contributed by atoms with Gasteiger partial charge in [0.25, 0.3) is 0 Å². The Labute approximate surface area is 195 Å². The lowest BCUT2D eigenvalue weighted by Crippen LogP contribution is -2.24. The molecule has 1 amide bonds. The summed E-state index contributed by atoms with van der Waals surface area (Å²) >= 11 is 0. The maximum atomic E-state index is 14.4. The van der Waals surface area contributed by atoms with Crippen molar-refractivity contribution >= 4 is 12.0 Å². The number of alkyl halides is 2. The minimum absolute atomic E-state index is 0.0398. The van der Waals surface area contributed by atoms with E-state index in [1.165, 1.54) is 41.4 Å². The first-order valence-corrected chi connectivity index (χ1v) is 10.4. The third-order valence-corrected chi connectivity index (χ3v) is 4.56. The zero-order valence-electron chi connectivity index (χ0n) is 18.6. The molecule has 0 spiro atoms. The standard InChI is InChI=1S/C25H23F3N2O4/c1-3-32-23-14-18(7-10-22(23)34-25(27)28)16-30(2)24(31)11-8-17-6-9-21(20(26)13-17)33-19-5-4-12-29-15-19/h4-15,25H,3,16H2,1-2H3/b11-8+. The summed E-state index contributed by atoms with van der Waals surface area (Å²) in [5.41, 5.74) is 1.14. The maximum Gasteiger partial charge on any atom is 0.387 e. The van der Waals surface area contributed by atoms with Crippen molar-refractivity contribution in [3.63, 3.8) is 0 Å². The van der Waals surface area contributed by atoms with Gasteiger partial charge in [-0.2, -0.15) is 8.78 Å². The lowest BCUT2D eigenvalue weighted by molar-refractivity contribution is -0.125. The number of halogens is 3. The number of hydrogen-bond acceptors (Lipinski definition) is 5. The van der Waals surface area contributed by atoms with E-state index in [1.54, 1.807) is 50.5 Å². The van der Waals surface area contributed by atoms with Gasteiger partial charge in [0.2, 0.25) is 5.91 Å². The van der Waals surface area contributed by atoms with E-state index < -0.39 is 12.4 Å². The number of nitrogens with zero attached hydrogens (tertiary/aromatic N) is 2. The molecule has 0 bridgehead atoms. The first kappa shape index (κ1) is 24.6. The Kier molecular flexibility index (Phi) is 8.50. The van der Waals surface area contributed by atoms with E-state index in [9.17, 15) is 18.0 Å².